The van der Waals surface area contributed by atoms with E-state index in [1.54, 1.807) is 14.2 Å². The molecular weight excluding hydrogens is 397 g/mol. The third-order valence-corrected chi connectivity index (χ3v) is 5.41. The average Bonchev–Trinajstić information content (AvgIpc) is 2.44. The molecule has 1 aromatic carbocycles. The van der Waals surface area contributed by atoms with Crippen molar-refractivity contribution < 1.29 is 9.47 Å². The second kappa shape index (κ2) is 6.29. The quantitative estimate of drug-likeness (QED) is 0.540. The molecule has 19 heavy (non-hydrogen) atoms. The van der Waals surface area contributed by atoms with Crippen LogP contribution >= 0.6 is 43.5 Å². The zero-order valence-corrected chi connectivity index (χ0v) is 14.3. The maximum Gasteiger partial charge on any atom is 0.162 e. The first-order chi connectivity index (χ1) is 9.10. The van der Waals surface area contributed by atoms with E-state index in [-0.39, 0.29) is 4.83 Å². The lowest BCUT2D eigenvalue weighted by Gasteiger charge is -2.12. The largest absolute Gasteiger partial charge is 0.493 e. The summed E-state index contributed by atoms with van der Waals surface area (Å²) in [6, 6.07) is 5.73. The number of hydrogen-bond donors (Lipinski definition) is 0. The molecule has 1 unspecified atom stereocenters. The molecular formula is C13H12Br2ClNO2. The summed E-state index contributed by atoms with van der Waals surface area (Å²) in [5.74, 6) is 1.32. The SMILES string of the molecule is COc1cc2cc(C(Br)CBr)c(Cl)nc2cc1OC. The van der Waals surface area contributed by atoms with E-state index in [1.165, 1.54) is 0 Å². The van der Waals surface area contributed by atoms with Crippen LogP contribution < -0.4 is 9.47 Å². The van der Waals surface area contributed by atoms with Crippen molar-refractivity contribution in [2.45, 2.75) is 4.83 Å². The Labute approximate surface area is 133 Å². The lowest BCUT2D eigenvalue weighted by Crippen LogP contribution is -1.96. The van der Waals surface area contributed by atoms with E-state index < -0.39 is 0 Å². The number of hydrogen-bond acceptors (Lipinski definition) is 3. The maximum atomic E-state index is 6.21. The standard InChI is InChI=1S/C13H12Br2ClNO2/c1-18-11-4-7-3-8(9(15)6-14)13(16)17-10(7)5-12(11)19-2/h3-5,9H,6H2,1-2H3. The Hall–Kier alpha value is -0.520. The number of nitrogens with zero attached hydrogens (tertiary/aromatic N) is 1. The number of pyridine rings is 1. The van der Waals surface area contributed by atoms with Gasteiger partial charge < -0.3 is 9.47 Å². The fourth-order valence-electron chi connectivity index (χ4n) is 1.80. The first-order valence-electron chi connectivity index (χ1n) is 5.53. The first-order valence-corrected chi connectivity index (χ1v) is 7.94. The van der Waals surface area contributed by atoms with Crippen molar-refractivity contribution in [2.24, 2.45) is 0 Å². The third kappa shape index (κ3) is 2.98. The number of alkyl halides is 2. The molecule has 102 valence electrons. The van der Waals surface area contributed by atoms with Gasteiger partial charge in [-0.15, -0.1) is 0 Å². The molecule has 0 saturated carbocycles. The topological polar surface area (TPSA) is 31.4 Å². The highest BCUT2D eigenvalue weighted by molar-refractivity contribution is 9.12. The van der Waals surface area contributed by atoms with Crippen molar-refractivity contribution in [3.8, 4) is 11.5 Å². The van der Waals surface area contributed by atoms with Gasteiger partial charge in [-0.05, 0) is 12.1 Å². The predicted molar refractivity (Wildman–Crippen MR) is 85.3 cm³/mol. The zero-order valence-electron chi connectivity index (χ0n) is 10.4. The van der Waals surface area contributed by atoms with Crippen molar-refractivity contribution in [1.29, 1.82) is 0 Å². The van der Waals surface area contributed by atoms with Crippen LogP contribution in [0.1, 0.15) is 10.4 Å². The van der Waals surface area contributed by atoms with Gasteiger partial charge in [0, 0.05) is 22.3 Å². The molecule has 6 heteroatoms. The average molecular weight is 410 g/mol. The van der Waals surface area contributed by atoms with Crippen LogP contribution in [0.5, 0.6) is 11.5 Å². The Bertz CT molecular complexity index is 607. The van der Waals surface area contributed by atoms with E-state index in [0.717, 1.165) is 21.8 Å². The third-order valence-electron chi connectivity index (χ3n) is 2.77. The van der Waals surface area contributed by atoms with Gasteiger partial charge in [-0.1, -0.05) is 43.5 Å². The smallest absolute Gasteiger partial charge is 0.162 e. The van der Waals surface area contributed by atoms with Crippen molar-refractivity contribution in [3.05, 3.63) is 28.9 Å². The highest BCUT2D eigenvalue weighted by Gasteiger charge is 2.14. The molecule has 1 heterocycles. The van der Waals surface area contributed by atoms with E-state index in [4.69, 9.17) is 21.1 Å². The Morgan fingerprint density at radius 2 is 1.84 bits per heavy atom. The molecule has 0 aliphatic rings. The highest BCUT2D eigenvalue weighted by Crippen LogP contribution is 2.36. The summed E-state index contributed by atoms with van der Waals surface area (Å²) >= 11 is 13.2. The fraction of sp³-hybridized carbons (Fsp3) is 0.308. The minimum atomic E-state index is 0.116. The summed E-state index contributed by atoms with van der Waals surface area (Å²) in [5, 5.41) is 2.20. The maximum absolute atomic E-state index is 6.21. The minimum absolute atomic E-state index is 0.116. The molecule has 0 aliphatic heterocycles. The first kappa shape index (κ1) is 14.9. The molecule has 0 aliphatic carbocycles. The predicted octanol–water partition coefficient (Wildman–Crippen LogP) is 4.74. The lowest BCUT2D eigenvalue weighted by molar-refractivity contribution is 0.356. The van der Waals surface area contributed by atoms with Gasteiger partial charge in [0.2, 0.25) is 0 Å². The summed E-state index contributed by atoms with van der Waals surface area (Å²) in [4.78, 5) is 4.52. The van der Waals surface area contributed by atoms with Crippen LogP contribution in [0.2, 0.25) is 5.15 Å². The van der Waals surface area contributed by atoms with Gasteiger partial charge in [0.05, 0.1) is 24.6 Å². The van der Waals surface area contributed by atoms with Crippen LogP contribution in [0.15, 0.2) is 18.2 Å². The Kier molecular flexibility index (Phi) is 4.92. The monoisotopic (exact) mass is 407 g/mol. The van der Waals surface area contributed by atoms with E-state index in [1.807, 2.05) is 18.2 Å². The lowest BCUT2D eigenvalue weighted by atomic mass is 10.1. The molecule has 0 fully saturated rings. The zero-order chi connectivity index (χ0) is 14.0. The molecule has 1 atom stereocenters. The van der Waals surface area contributed by atoms with Gasteiger partial charge in [-0.25, -0.2) is 4.98 Å². The van der Waals surface area contributed by atoms with Crippen LogP contribution in [0, 0.1) is 0 Å². The molecule has 1 aromatic heterocycles. The number of rotatable bonds is 4. The van der Waals surface area contributed by atoms with Crippen molar-refractivity contribution in [2.75, 3.05) is 19.5 Å². The van der Waals surface area contributed by atoms with Gasteiger partial charge in [0.25, 0.3) is 0 Å². The Morgan fingerprint density at radius 3 is 2.42 bits per heavy atom. The summed E-state index contributed by atoms with van der Waals surface area (Å²) in [7, 11) is 3.21. The molecule has 0 bridgehead atoms. The van der Waals surface area contributed by atoms with Crippen molar-refractivity contribution in [3.63, 3.8) is 0 Å². The Balaban J connectivity index is 2.65. The highest BCUT2D eigenvalue weighted by atomic mass is 79.9. The second-order valence-electron chi connectivity index (χ2n) is 3.89. The number of benzene rings is 1. The van der Waals surface area contributed by atoms with Crippen LogP contribution in [-0.2, 0) is 0 Å². The van der Waals surface area contributed by atoms with Crippen molar-refractivity contribution in [1.82, 2.24) is 4.98 Å². The van der Waals surface area contributed by atoms with E-state index >= 15 is 0 Å². The number of ether oxygens (including phenoxy) is 2. The van der Waals surface area contributed by atoms with Crippen LogP contribution in [0.3, 0.4) is 0 Å². The van der Waals surface area contributed by atoms with Crippen LogP contribution in [-0.4, -0.2) is 24.5 Å². The van der Waals surface area contributed by atoms with Gasteiger partial charge in [-0.3, -0.25) is 0 Å². The second-order valence-corrected chi connectivity index (χ2v) is 6.00. The summed E-state index contributed by atoms with van der Waals surface area (Å²) in [6.45, 7) is 0. The van der Waals surface area contributed by atoms with E-state index in [9.17, 15) is 0 Å². The molecule has 0 spiro atoms. The fourth-order valence-corrected chi connectivity index (χ4v) is 2.90. The van der Waals surface area contributed by atoms with Gasteiger partial charge in [0.1, 0.15) is 5.15 Å². The normalized spacial score (nSPS) is 12.5. The molecule has 0 saturated heterocycles. The van der Waals surface area contributed by atoms with Crippen molar-refractivity contribution >= 4 is 54.4 Å². The van der Waals surface area contributed by atoms with E-state index in [0.29, 0.717) is 16.7 Å². The van der Waals surface area contributed by atoms with Crippen LogP contribution in [0.25, 0.3) is 10.9 Å². The molecule has 2 rings (SSSR count). The number of aromatic nitrogens is 1. The number of fused-ring (bicyclic) bond motifs is 1. The molecule has 0 N–H and O–H groups in total. The number of methoxy groups -OCH3 is 2. The Morgan fingerprint density at radius 1 is 1.21 bits per heavy atom. The van der Waals surface area contributed by atoms with Gasteiger partial charge in [-0.2, -0.15) is 0 Å². The molecule has 0 radical (unpaired) electrons. The minimum Gasteiger partial charge on any atom is -0.493 e. The molecule has 3 nitrogen and oxygen atoms in total. The number of halogens is 3. The molecule has 0 amide bonds. The van der Waals surface area contributed by atoms with E-state index in [2.05, 4.69) is 36.8 Å². The summed E-state index contributed by atoms with van der Waals surface area (Å²) in [6.07, 6.45) is 0. The van der Waals surface area contributed by atoms with Crippen LogP contribution in [0.4, 0.5) is 0 Å². The van der Waals surface area contributed by atoms with Gasteiger partial charge >= 0.3 is 0 Å². The summed E-state index contributed by atoms with van der Waals surface area (Å²) in [5.41, 5.74) is 1.72. The summed E-state index contributed by atoms with van der Waals surface area (Å²) < 4.78 is 10.6. The molecule has 2 aromatic rings. The van der Waals surface area contributed by atoms with Gasteiger partial charge in [0.15, 0.2) is 11.5 Å².